The van der Waals surface area contributed by atoms with Gasteiger partial charge in [-0.1, -0.05) is 30.3 Å². The zero-order valence-corrected chi connectivity index (χ0v) is 9.04. The van der Waals surface area contributed by atoms with Gasteiger partial charge in [-0.15, -0.1) is 0 Å². The molecule has 0 bridgehead atoms. The lowest BCUT2D eigenvalue weighted by atomic mass is 9.95. The van der Waals surface area contributed by atoms with Crippen molar-refractivity contribution in [3.63, 3.8) is 0 Å². The summed E-state index contributed by atoms with van der Waals surface area (Å²) in [6.45, 7) is 0. The summed E-state index contributed by atoms with van der Waals surface area (Å²) in [6, 6.07) is 7.98. The number of likely N-dealkylation sites (tertiary alicyclic amines) is 1. The second-order valence-electron chi connectivity index (χ2n) is 3.73. The van der Waals surface area contributed by atoms with Gasteiger partial charge < -0.3 is 0 Å². The average Bonchev–Trinajstić information content (AvgIpc) is 2.54. The zero-order valence-electron chi connectivity index (χ0n) is 9.04. The molecule has 0 saturated carbocycles. The Morgan fingerprint density at radius 3 is 2.18 bits per heavy atom. The lowest BCUT2D eigenvalue weighted by Crippen LogP contribution is -2.29. The van der Waals surface area contributed by atoms with Crippen molar-refractivity contribution >= 4 is 23.4 Å². The zero-order chi connectivity index (χ0) is 12.6. The van der Waals surface area contributed by atoms with Gasteiger partial charge in [0.25, 0.3) is 5.91 Å². The highest BCUT2D eigenvalue weighted by molar-refractivity contribution is 6.53. The van der Waals surface area contributed by atoms with Crippen molar-refractivity contribution in [1.29, 1.82) is 0 Å². The van der Waals surface area contributed by atoms with Gasteiger partial charge in [-0.05, 0) is 0 Å². The molecule has 1 fully saturated rings. The molecule has 1 unspecified atom stereocenters. The number of ketones is 2. The minimum absolute atomic E-state index is 0.252. The molecule has 1 heterocycles. The van der Waals surface area contributed by atoms with Crippen LogP contribution >= 0.6 is 0 Å². The Kier molecular flexibility index (Phi) is 2.59. The van der Waals surface area contributed by atoms with E-state index in [1.807, 2.05) is 0 Å². The monoisotopic (exact) mass is 231 g/mol. The van der Waals surface area contributed by atoms with E-state index in [4.69, 9.17) is 0 Å². The number of rotatable bonds is 2. The first kappa shape index (κ1) is 11.2. The molecule has 86 valence electrons. The lowest BCUT2D eigenvalue weighted by molar-refractivity contribution is -0.141. The van der Waals surface area contributed by atoms with E-state index in [2.05, 4.69) is 0 Å². The van der Waals surface area contributed by atoms with Crippen LogP contribution in [0.15, 0.2) is 30.3 Å². The molecule has 1 aromatic rings. The third kappa shape index (κ3) is 1.65. The molecule has 0 spiro atoms. The Balaban J connectivity index is 2.36. The Labute approximate surface area is 97.0 Å². The van der Waals surface area contributed by atoms with Crippen molar-refractivity contribution in [2.45, 2.75) is 0 Å². The highest BCUT2D eigenvalue weighted by Gasteiger charge is 2.49. The van der Waals surface area contributed by atoms with Crippen LogP contribution in [0.5, 0.6) is 0 Å². The fraction of sp³-hybridized carbons (Fsp3) is 0.167. The third-order valence-corrected chi connectivity index (χ3v) is 2.68. The Morgan fingerprint density at radius 1 is 1.12 bits per heavy atom. The molecule has 0 N–H and O–H groups in total. The van der Waals surface area contributed by atoms with E-state index in [0.717, 1.165) is 0 Å². The predicted molar refractivity (Wildman–Crippen MR) is 57.0 cm³/mol. The first-order chi connectivity index (χ1) is 8.04. The molecule has 0 radical (unpaired) electrons. The summed E-state index contributed by atoms with van der Waals surface area (Å²) >= 11 is 0. The van der Waals surface area contributed by atoms with Crippen LogP contribution in [0.3, 0.4) is 0 Å². The largest absolute Gasteiger partial charge is 0.297 e. The summed E-state index contributed by atoms with van der Waals surface area (Å²) in [7, 11) is 1.20. The molecule has 0 aliphatic carbocycles. The SMILES string of the molecule is CN1C(=O)C(=O)C(C(=O)c2ccccc2)C1=O. The fourth-order valence-corrected chi connectivity index (χ4v) is 1.69. The van der Waals surface area contributed by atoms with Gasteiger partial charge in [0.15, 0.2) is 11.7 Å². The van der Waals surface area contributed by atoms with Crippen molar-refractivity contribution in [3.05, 3.63) is 35.9 Å². The molecule has 5 heteroatoms. The molecular weight excluding hydrogens is 222 g/mol. The number of nitrogens with zero attached hydrogens (tertiary/aromatic N) is 1. The number of hydrogen-bond acceptors (Lipinski definition) is 4. The molecule has 1 aliphatic heterocycles. The number of benzene rings is 1. The number of carbonyl (C=O) groups excluding carboxylic acids is 4. The molecule has 17 heavy (non-hydrogen) atoms. The highest BCUT2D eigenvalue weighted by Crippen LogP contribution is 2.19. The van der Waals surface area contributed by atoms with E-state index in [9.17, 15) is 19.2 Å². The van der Waals surface area contributed by atoms with Crippen LogP contribution in [0.4, 0.5) is 0 Å². The summed E-state index contributed by atoms with van der Waals surface area (Å²) in [5.74, 6) is -4.77. The van der Waals surface area contributed by atoms with Crippen LogP contribution in [-0.4, -0.2) is 35.3 Å². The normalized spacial score (nSPS) is 19.9. The van der Waals surface area contributed by atoms with E-state index in [1.165, 1.54) is 19.2 Å². The summed E-state index contributed by atoms with van der Waals surface area (Å²) in [5, 5.41) is 0. The quantitative estimate of drug-likeness (QED) is 0.312. The van der Waals surface area contributed by atoms with Crippen molar-refractivity contribution in [2.75, 3.05) is 7.05 Å². The van der Waals surface area contributed by atoms with Crippen LogP contribution in [0, 0.1) is 5.92 Å². The molecular formula is C12H9NO4. The molecule has 2 amide bonds. The van der Waals surface area contributed by atoms with Crippen LogP contribution < -0.4 is 0 Å². The van der Waals surface area contributed by atoms with Crippen LogP contribution in [0.1, 0.15) is 10.4 Å². The van der Waals surface area contributed by atoms with Gasteiger partial charge >= 0.3 is 0 Å². The van der Waals surface area contributed by atoms with Crippen LogP contribution in [0.2, 0.25) is 0 Å². The minimum Gasteiger partial charge on any atom is -0.293 e. The Morgan fingerprint density at radius 2 is 1.71 bits per heavy atom. The van der Waals surface area contributed by atoms with E-state index >= 15 is 0 Å². The van der Waals surface area contributed by atoms with Crippen LogP contribution in [-0.2, 0) is 14.4 Å². The van der Waals surface area contributed by atoms with Crippen molar-refractivity contribution in [3.8, 4) is 0 Å². The first-order valence-electron chi connectivity index (χ1n) is 4.99. The van der Waals surface area contributed by atoms with Gasteiger partial charge in [0, 0.05) is 12.6 Å². The highest BCUT2D eigenvalue weighted by atomic mass is 16.2. The third-order valence-electron chi connectivity index (χ3n) is 2.68. The topological polar surface area (TPSA) is 71.5 Å². The van der Waals surface area contributed by atoms with E-state index in [1.54, 1.807) is 18.2 Å². The van der Waals surface area contributed by atoms with Gasteiger partial charge in [0.2, 0.25) is 11.7 Å². The second-order valence-corrected chi connectivity index (χ2v) is 3.73. The van der Waals surface area contributed by atoms with Crippen molar-refractivity contribution in [1.82, 2.24) is 4.90 Å². The maximum absolute atomic E-state index is 11.9. The van der Waals surface area contributed by atoms with Gasteiger partial charge in [0.05, 0.1) is 0 Å². The molecule has 1 aromatic carbocycles. The maximum Gasteiger partial charge on any atom is 0.297 e. The van der Waals surface area contributed by atoms with Gasteiger partial charge in [-0.3, -0.25) is 24.1 Å². The summed E-state index contributed by atoms with van der Waals surface area (Å²) < 4.78 is 0. The number of hydrogen-bond donors (Lipinski definition) is 0. The number of carbonyl (C=O) groups is 4. The Hall–Kier alpha value is -2.30. The van der Waals surface area contributed by atoms with Gasteiger partial charge in [-0.25, -0.2) is 0 Å². The smallest absolute Gasteiger partial charge is 0.293 e. The summed E-state index contributed by atoms with van der Waals surface area (Å²) in [5.41, 5.74) is 0.252. The second kappa shape index (κ2) is 3.93. The average molecular weight is 231 g/mol. The molecule has 0 aromatic heterocycles. The standard InChI is InChI=1S/C12H9NO4/c1-13-11(16)8(10(15)12(13)17)9(14)7-5-3-2-4-6-7/h2-6,8H,1H3. The first-order valence-corrected chi connectivity index (χ1v) is 4.99. The molecule has 5 nitrogen and oxygen atoms in total. The van der Waals surface area contributed by atoms with E-state index in [0.29, 0.717) is 4.90 Å². The number of imide groups is 1. The summed E-state index contributed by atoms with van der Waals surface area (Å²) in [4.78, 5) is 47.0. The fourth-order valence-electron chi connectivity index (χ4n) is 1.69. The lowest BCUT2D eigenvalue weighted by Gasteiger charge is -2.06. The van der Waals surface area contributed by atoms with Crippen LogP contribution in [0.25, 0.3) is 0 Å². The number of likely N-dealkylation sites (N-methyl/N-ethyl adjacent to an activating group) is 1. The van der Waals surface area contributed by atoms with E-state index < -0.39 is 29.3 Å². The van der Waals surface area contributed by atoms with Gasteiger partial charge in [-0.2, -0.15) is 0 Å². The minimum atomic E-state index is -1.50. The molecule has 2 rings (SSSR count). The number of Topliss-reactive ketones (excluding diaryl/α,β-unsaturated/α-hetero) is 2. The van der Waals surface area contributed by atoms with Crippen molar-refractivity contribution in [2.24, 2.45) is 5.92 Å². The number of amides is 2. The molecule has 1 saturated heterocycles. The molecule has 1 atom stereocenters. The van der Waals surface area contributed by atoms with Crippen molar-refractivity contribution < 1.29 is 19.2 Å². The predicted octanol–water partition coefficient (Wildman–Crippen LogP) is 0.0532. The molecule has 1 aliphatic rings. The van der Waals surface area contributed by atoms with Gasteiger partial charge in [0.1, 0.15) is 0 Å². The Bertz CT molecular complexity index is 521. The van der Waals surface area contributed by atoms with E-state index in [-0.39, 0.29) is 5.56 Å². The maximum atomic E-state index is 11.9. The summed E-state index contributed by atoms with van der Waals surface area (Å²) in [6.07, 6.45) is 0.